The van der Waals surface area contributed by atoms with Gasteiger partial charge in [0.25, 0.3) is 5.56 Å². The van der Waals surface area contributed by atoms with Crippen molar-refractivity contribution >= 4 is 0 Å². The molecule has 1 fully saturated rings. The lowest BCUT2D eigenvalue weighted by Gasteiger charge is -2.19. The molecule has 0 aliphatic carbocycles. The van der Waals surface area contributed by atoms with Gasteiger partial charge >= 0.3 is 5.69 Å². The summed E-state index contributed by atoms with van der Waals surface area (Å²) >= 11 is 0. The van der Waals surface area contributed by atoms with Crippen molar-refractivity contribution in [3.63, 3.8) is 0 Å². The Hall–Kier alpha value is -2.17. The summed E-state index contributed by atoms with van der Waals surface area (Å²) in [5.74, 6) is 0. The molecular formula is C12H17N5O6. The second-order valence-electron chi connectivity index (χ2n) is 5.11. The molecule has 5 atom stereocenters. The van der Waals surface area contributed by atoms with E-state index >= 15 is 0 Å². The summed E-state index contributed by atoms with van der Waals surface area (Å²) in [5, 5.41) is 32.3. The standard InChI is InChI=1S/C12H17N5O6/c1-2-6(15-16-13)5-3-17(12(22)14-10(5)21)11-9(20)8(19)7(4-18)23-11/h3,6-9,11,18-20H,2,4H2,1H3,(H,14,21,22)/t6?,7-,8-,9-,11-/m1/s1. The number of hydrogen-bond donors (Lipinski definition) is 4. The summed E-state index contributed by atoms with van der Waals surface area (Å²) in [6.45, 7) is 1.15. The first-order chi connectivity index (χ1) is 10.9. The highest BCUT2D eigenvalue weighted by Gasteiger charge is 2.43. The fourth-order valence-corrected chi connectivity index (χ4v) is 2.46. The lowest BCUT2D eigenvalue weighted by Crippen LogP contribution is -2.39. The van der Waals surface area contributed by atoms with Crippen LogP contribution in [0.2, 0.25) is 0 Å². The van der Waals surface area contributed by atoms with Gasteiger partial charge in [-0.1, -0.05) is 12.0 Å². The summed E-state index contributed by atoms with van der Waals surface area (Å²) in [6.07, 6.45) is -3.74. The Morgan fingerprint density at radius 3 is 2.70 bits per heavy atom. The van der Waals surface area contributed by atoms with Gasteiger partial charge in [0.15, 0.2) is 6.23 Å². The Labute approximate surface area is 129 Å². The van der Waals surface area contributed by atoms with Gasteiger partial charge in [-0.2, -0.15) is 0 Å². The second kappa shape index (κ2) is 6.94. The Morgan fingerprint density at radius 1 is 1.48 bits per heavy atom. The number of ether oxygens (including phenoxy) is 1. The molecule has 0 saturated carbocycles. The normalized spacial score (nSPS) is 28.3. The maximum Gasteiger partial charge on any atom is 0.330 e. The van der Waals surface area contributed by atoms with Crippen LogP contribution in [-0.4, -0.2) is 49.8 Å². The van der Waals surface area contributed by atoms with Gasteiger partial charge in [0.1, 0.15) is 18.3 Å². The number of aromatic nitrogens is 2. The zero-order valence-corrected chi connectivity index (χ0v) is 12.2. The van der Waals surface area contributed by atoms with E-state index in [1.54, 1.807) is 6.92 Å². The number of hydrogen-bond acceptors (Lipinski definition) is 7. The first-order valence-electron chi connectivity index (χ1n) is 6.96. The van der Waals surface area contributed by atoms with Crippen molar-refractivity contribution in [2.24, 2.45) is 5.11 Å². The lowest BCUT2D eigenvalue weighted by molar-refractivity contribution is -0.0551. The van der Waals surface area contributed by atoms with Crippen LogP contribution in [0, 0.1) is 0 Å². The third kappa shape index (κ3) is 3.14. The molecule has 1 aliphatic rings. The SMILES string of the molecule is CCC(N=[N+]=[N-])c1cn([C@@H]2O[C@H](CO)[C@@H](O)[C@H]2O)c(=O)[nH]c1=O. The molecule has 0 bridgehead atoms. The van der Waals surface area contributed by atoms with Gasteiger partial charge in [-0.05, 0) is 12.0 Å². The van der Waals surface area contributed by atoms with Crippen molar-refractivity contribution in [1.82, 2.24) is 9.55 Å². The van der Waals surface area contributed by atoms with E-state index in [1.165, 1.54) is 0 Å². The van der Waals surface area contributed by atoms with Crippen molar-refractivity contribution in [3.05, 3.63) is 43.0 Å². The third-order valence-corrected chi connectivity index (χ3v) is 3.72. The molecule has 1 aromatic rings. The Kier molecular flexibility index (Phi) is 5.19. The third-order valence-electron chi connectivity index (χ3n) is 3.72. The van der Waals surface area contributed by atoms with E-state index in [2.05, 4.69) is 15.0 Å². The van der Waals surface area contributed by atoms with E-state index in [0.29, 0.717) is 6.42 Å². The van der Waals surface area contributed by atoms with Crippen molar-refractivity contribution in [2.75, 3.05) is 6.61 Å². The highest BCUT2D eigenvalue weighted by atomic mass is 16.6. The van der Waals surface area contributed by atoms with Gasteiger partial charge < -0.3 is 20.1 Å². The number of aliphatic hydroxyl groups is 3. The molecule has 0 spiro atoms. The first kappa shape index (κ1) is 17.2. The molecule has 1 aromatic heterocycles. The number of rotatable bonds is 5. The van der Waals surface area contributed by atoms with Crippen LogP contribution < -0.4 is 11.2 Å². The quantitative estimate of drug-likeness (QED) is 0.303. The fraction of sp³-hybridized carbons (Fsp3) is 0.667. The summed E-state index contributed by atoms with van der Waals surface area (Å²) in [4.78, 5) is 28.6. The Balaban J connectivity index is 2.50. The number of nitrogens with zero attached hydrogens (tertiary/aromatic N) is 4. The molecule has 0 radical (unpaired) electrons. The number of nitrogens with one attached hydrogen (secondary N) is 1. The van der Waals surface area contributed by atoms with E-state index in [4.69, 9.17) is 15.4 Å². The molecule has 1 unspecified atom stereocenters. The van der Waals surface area contributed by atoms with Crippen LogP contribution in [0.4, 0.5) is 0 Å². The fourth-order valence-electron chi connectivity index (χ4n) is 2.46. The molecular weight excluding hydrogens is 310 g/mol. The molecule has 23 heavy (non-hydrogen) atoms. The van der Waals surface area contributed by atoms with Crippen molar-refractivity contribution in [2.45, 2.75) is 43.9 Å². The van der Waals surface area contributed by atoms with Crippen molar-refractivity contribution < 1.29 is 20.1 Å². The highest BCUT2D eigenvalue weighted by molar-refractivity contribution is 5.11. The highest BCUT2D eigenvalue weighted by Crippen LogP contribution is 2.28. The first-order valence-corrected chi connectivity index (χ1v) is 6.96. The summed E-state index contributed by atoms with van der Waals surface area (Å²) in [6, 6.07) is -0.798. The van der Waals surface area contributed by atoms with Crippen LogP contribution in [0.25, 0.3) is 10.4 Å². The topological polar surface area (TPSA) is 174 Å². The smallest absolute Gasteiger partial charge is 0.330 e. The molecule has 2 heterocycles. The maximum atomic E-state index is 12.0. The van der Waals surface area contributed by atoms with Gasteiger partial charge in [-0.3, -0.25) is 14.3 Å². The van der Waals surface area contributed by atoms with Crippen LogP contribution in [0.5, 0.6) is 0 Å². The number of azide groups is 1. The van der Waals surface area contributed by atoms with Crippen LogP contribution in [0.1, 0.15) is 31.2 Å². The van der Waals surface area contributed by atoms with Crippen LogP contribution >= 0.6 is 0 Å². The number of aliphatic hydroxyl groups excluding tert-OH is 3. The largest absolute Gasteiger partial charge is 0.394 e. The summed E-state index contributed by atoms with van der Waals surface area (Å²) < 4.78 is 6.16. The minimum Gasteiger partial charge on any atom is -0.394 e. The molecule has 11 heteroatoms. The zero-order valence-electron chi connectivity index (χ0n) is 12.2. The average Bonchev–Trinajstić information content (AvgIpc) is 2.81. The van der Waals surface area contributed by atoms with Gasteiger partial charge in [0, 0.05) is 16.7 Å². The Morgan fingerprint density at radius 2 is 2.17 bits per heavy atom. The summed E-state index contributed by atoms with van der Waals surface area (Å²) in [7, 11) is 0. The maximum absolute atomic E-state index is 12.0. The molecule has 1 saturated heterocycles. The Bertz CT molecular complexity index is 723. The monoisotopic (exact) mass is 327 g/mol. The molecule has 126 valence electrons. The van der Waals surface area contributed by atoms with E-state index < -0.39 is 48.4 Å². The number of H-pyrrole nitrogens is 1. The summed E-state index contributed by atoms with van der Waals surface area (Å²) in [5.41, 5.74) is 7.01. The predicted octanol–water partition coefficient (Wildman–Crippen LogP) is -1.09. The van der Waals surface area contributed by atoms with Gasteiger partial charge in [0.05, 0.1) is 12.6 Å². The zero-order chi connectivity index (χ0) is 17.1. The van der Waals surface area contributed by atoms with Gasteiger partial charge in [-0.15, -0.1) is 0 Å². The molecule has 1 aliphatic heterocycles. The van der Waals surface area contributed by atoms with E-state index in [0.717, 1.165) is 10.8 Å². The average molecular weight is 327 g/mol. The minimum absolute atomic E-state index is 0.0302. The molecule has 2 rings (SSSR count). The number of aromatic amines is 1. The molecule has 0 aromatic carbocycles. The lowest BCUT2D eigenvalue weighted by atomic mass is 10.1. The molecule has 11 nitrogen and oxygen atoms in total. The van der Waals surface area contributed by atoms with E-state index in [1.807, 2.05) is 0 Å². The predicted molar refractivity (Wildman–Crippen MR) is 76.5 cm³/mol. The van der Waals surface area contributed by atoms with Crippen molar-refractivity contribution in [3.8, 4) is 0 Å². The van der Waals surface area contributed by atoms with E-state index in [-0.39, 0.29) is 5.56 Å². The molecule has 0 amide bonds. The minimum atomic E-state index is -1.47. The van der Waals surface area contributed by atoms with Crippen LogP contribution in [-0.2, 0) is 4.74 Å². The van der Waals surface area contributed by atoms with E-state index in [9.17, 15) is 19.8 Å². The second-order valence-corrected chi connectivity index (χ2v) is 5.11. The van der Waals surface area contributed by atoms with Gasteiger partial charge in [0.2, 0.25) is 0 Å². The van der Waals surface area contributed by atoms with Crippen molar-refractivity contribution in [1.29, 1.82) is 0 Å². The van der Waals surface area contributed by atoms with Crippen LogP contribution in [0.3, 0.4) is 0 Å². The van der Waals surface area contributed by atoms with Gasteiger partial charge in [-0.25, -0.2) is 4.79 Å². The molecule has 4 N–H and O–H groups in total. The van der Waals surface area contributed by atoms with Crippen LogP contribution in [0.15, 0.2) is 20.9 Å².